The van der Waals surface area contributed by atoms with Crippen LogP contribution in [0.25, 0.3) is 22.2 Å². The largest absolute Gasteiger partial charge is 0.213 e. The van der Waals surface area contributed by atoms with Gasteiger partial charge in [-0.15, -0.1) is 0 Å². The van der Waals surface area contributed by atoms with Gasteiger partial charge in [-0.25, -0.2) is 0 Å². The van der Waals surface area contributed by atoms with Gasteiger partial charge in [-0.1, -0.05) is 23.8 Å². The topological polar surface area (TPSA) is 3.88 Å². The number of nitrogens with zero attached hydrogens (tertiary/aromatic N) is 1. The number of benzene rings is 2. The molecular weight excluding hydrogens is 254 g/mol. The van der Waals surface area contributed by atoms with E-state index in [0.717, 1.165) is 0 Å². The Balaban J connectivity index is 2.39. The van der Waals surface area contributed by atoms with Gasteiger partial charge in [0.1, 0.15) is 7.05 Å². The lowest BCUT2D eigenvalue weighted by Crippen LogP contribution is -2.32. The maximum absolute atomic E-state index is 2.31. The van der Waals surface area contributed by atoms with Gasteiger partial charge in [0.2, 0.25) is 11.2 Å². The number of hydrogen-bond donors (Lipinski definition) is 0. The molecule has 1 aromatic heterocycles. The third-order valence-electron chi connectivity index (χ3n) is 4.49. The number of hydrogen-bond acceptors (Lipinski definition) is 0. The van der Waals surface area contributed by atoms with Crippen molar-refractivity contribution in [1.82, 2.24) is 0 Å². The molecular formula is C20H22N+. The quantitative estimate of drug-likeness (QED) is 0.573. The first kappa shape index (κ1) is 13.8. The molecule has 0 spiro atoms. The maximum Gasteiger partial charge on any atom is 0.213 e. The van der Waals surface area contributed by atoms with Crippen LogP contribution in [0.3, 0.4) is 0 Å². The summed E-state index contributed by atoms with van der Waals surface area (Å²) < 4.78 is 2.31. The van der Waals surface area contributed by atoms with Gasteiger partial charge < -0.3 is 0 Å². The van der Waals surface area contributed by atoms with E-state index in [9.17, 15) is 0 Å². The molecule has 0 radical (unpaired) electrons. The van der Waals surface area contributed by atoms with Crippen LogP contribution in [-0.4, -0.2) is 0 Å². The normalized spacial score (nSPS) is 11.1. The van der Waals surface area contributed by atoms with Crippen LogP contribution < -0.4 is 4.57 Å². The van der Waals surface area contributed by atoms with Crippen LogP contribution >= 0.6 is 0 Å². The summed E-state index contributed by atoms with van der Waals surface area (Å²) in [4.78, 5) is 0. The minimum absolute atomic E-state index is 1.28. The second kappa shape index (κ2) is 5.00. The van der Waals surface area contributed by atoms with Crippen molar-refractivity contribution in [2.75, 3.05) is 0 Å². The molecule has 0 saturated heterocycles. The first-order valence-corrected chi connectivity index (χ1v) is 7.45. The molecule has 0 atom stereocenters. The summed E-state index contributed by atoms with van der Waals surface area (Å²) in [6, 6.07) is 15.5. The summed E-state index contributed by atoms with van der Waals surface area (Å²) in [7, 11) is 2.16. The van der Waals surface area contributed by atoms with Crippen LogP contribution in [0.1, 0.15) is 22.3 Å². The Bertz CT molecular complexity index is 844. The van der Waals surface area contributed by atoms with Crippen LogP contribution in [-0.2, 0) is 7.05 Å². The van der Waals surface area contributed by atoms with E-state index in [0.29, 0.717) is 0 Å². The molecule has 1 heteroatoms. The minimum atomic E-state index is 1.28. The van der Waals surface area contributed by atoms with Gasteiger partial charge in [-0.2, -0.15) is 4.57 Å². The standard InChI is InChI=1S/C20H22N/c1-13-10-14(2)16(4)18(11-13)20-12-15(3)17-8-6-7-9-19(17)21(20)5/h6-12H,1-5H3/q+1. The molecule has 0 aliphatic carbocycles. The van der Waals surface area contributed by atoms with E-state index < -0.39 is 0 Å². The number of aromatic nitrogens is 1. The fourth-order valence-electron chi connectivity index (χ4n) is 3.17. The molecule has 3 aromatic rings. The van der Waals surface area contributed by atoms with Crippen molar-refractivity contribution in [3.63, 3.8) is 0 Å². The van der Waals surface area contributed by atoms with E-state index in [-0.39, 0.29) is 0 Å². The molecule has 1 nitrogen and oxygen atoms in total. The number of rotatable bonds is 1. The lowest BCUT2D eigenvalue weighted by Gasteiger charge is -2.11. The molecule has 0 bridgehead atoms. The number of pyridine rings is 1. The molecule has 3 rings (SSSR count). The highest BCUT2D eigenvalue weighted by atomic mass is 14.9. The Morgan fingerprint density at radius 1 is 0.810 bits per heavy atom. The highest BCUT2D eigenvalue weighted by molar-refractivity contribution is 5.81. The second-order valence-electron chi connectivity index (χ2n) is 6.04. The molecule has 106 valence electrons. The van der Waals surface area contributed by atoms with E-state index in [1.54, 1.807) is 0 Å². The molecule has 0 fully saturated rings. The molecule has 21 heavy (non-hydrogen) atoms. The smallest absolute Gasteiger partial charge is 0.194 e. The lowest BCUT2D eigenvalue weighted by molar-refractivity contribution is -0.633. The van der Waals surface area contributed by atoms with Crippen LogP contribution in [0.5, 0.6) is 0 Å². The lowest BCUT2D eigenvalue weighted by atomic mass is 9.96. The van der Waals surface area contributed by atoms with Gasteiger partial charge in [0, 0.05) is 23.1 Å². The predicted octanol–water partition coefficient (Wildman–Crippen LogP) is 4.56. The van der Waals surface area contributed by atoms with Gasteiger partial charge in [0.05, 0.1) is 0 Å². The first-order valence-electron chi connectivity index (χ1n) is 7.45. The summed E-state index contributed by atoms with van der Waals surface area (Å²) in [6.45, 7) is 8.78. The van der Waals surface area contributed by atoms with Crippen molar-refractivity contribution in [3.8, 4) is 11.3 Å². The van der Waals surface area contributed by atoms with Crippen molar-refractivity contribution >= 4 is 10.9 Å². The van der Waals surface area contributed by atoms with Crippen molar-refractivity contribution in [2.24, 2.45) is 7.05 Å². The van der Waals surface area contributed by atoms with Crippen molar-refractivity contribution in [1.29, 1.82) is 0 Å². The van der Waals surface area contributed by atoms with Gasteiger partial charge in [0.15, 0.2) is 0 Å². The van der Waals surface area contributed by atoms with Crippen LogP contribution in [0.15, 0.2) is 42.5 Å². The average molecular weight is 276 g/mol. The van der Waals surface area contributed by atoms with Gasteiger partial charge >= 0.3 is 0 Å². The van der Waals surface area contributed by atoms with E-state index in [1.807, 2.05) is 0 Å². The zero-order chi connectivity index (χ0) is 15.1. The molecule has 0 saturated carbocycles. The zero-order valence-electron chi connectivity index (χ0n) is 13.5. The van der Waals surface area contributed by atoms with E-state index in [2.05, 4.69) is 81.8 Å². The van der Waals surface area contributed by atoms with Crippen LogP contribution in [0, 0.1) is 27.7 Å². The Labute approximate surface area is 126 Å². The molecule has 0 N–H and O–H groups in total. The van der Waals surface area contributed by atoms with Crippen molar-refractivity contribution < 1.29 is 4.57 Å². The molecule has 0 unspecified atom stereocenters. The Kier molecular flexibility index (Phi) is 3.29. The van der Waals surface area contributed by atoms with E-state index in [1.165, 1.54) is 44.4 Å². The number of fused-ring (bicyclic) bond motifs is 1. The summed E-state index contributed by atoms with van der Waals surface area (Å²) in [5, 5.41) is 1.32. The summed E-state index contributed by atoms with van der Waals surface area (Å²) in [5.41, 5.74) is 9.28. The fraction of sp³-hybridized carbons (Fsp3) is 0.250. The van der Waals surface area contributed by atoms with E-state index >= 15 is 0 Å². The summed E-state index contributed by atoms with van der Waals surface area (Å²) >= 11 is 0. The first-order chi connectivity index (χ1) is 9.99. The van der Waals surface area contributed by atoms with E-state index in [4.69, 9.17) is 0 Å². The van der Waals surface area contributed by atoms with Crippen LogP contribution in [0.2, 0.25) is 0 Å². The fourth-order valence-corrected chi connectivity index (χ4v) is 3.17. The van der Waals surface area contributed by atoms with Gasteiger partial charge in [-0.05, 0) is 56.5 Å². The Morgan fingerprint density at radius 3 is 2.29 bits per heavy atom. The van der Waals surface area contributed by atoms with Gasteiger partial charge in [0.25, 0.3) is 0 Å². The second-order valence-corrected chi connectivity index (χ2v) is 6.04. The number of aryl methyl sites for hydroxylation is 4. The van der Waals surface area contributed by atoms with Crippen molar-refractivity contribution in [2.45, 2.75) is 27.7 Å². The van der Waals surface area contributed by atoms with Crippen LogP contribution in [0.4, 0.5) is 0 Å². The van der Waals surface area contributed by atoms with Crippen molar-refractivity contribution in [3.05, 3.63) is 64.7 Å². The third-order valence-corrected chi connectivity index (χ3v) is 4.49. The Hall–Kier alpha value is -2.15. The SMILES string of the molecule is Cc1cc(C)c(C)c(-c2cc(C)c3ccccc3[n+]2C)c1. The third kappa shape index (κ3) is 2.23. The summed E-state index contributed by atoms with van der Waals surface area (Å²) in [6.07, 6.45) is 0. The maximum atomic E-state index is 2.31. The Morgan fingerprint density at radius 2 is 1.52 bits per heavy atom. The minimum Gasteiger partial charge on any atom is -0.194 e. The molecule has 1 heterocycles. The molecule has 2 aromatic carbocycles. The number of para-hydroxylation sites is 1. The monoisotopic (exact) mass is 276 g/mol. The average Bonchev–Trinajstić information content (AvgIpc) is 2.47. The highest BCUT2D eigenvalue weighted by Crippen LogP contribution is 2.27. The zero-order valence-corrected chi connectivity index (χ0v) is 13.5. The molecule has 0 amide bonds. The molecule has 0 aliphatic heterocycles. The predicted molar refractivity (Wildman–Crippen MR) is 89.5 cm³/mol. The van der Waals surface area contributed by atoms with Gasteiger partial charge in [-0.3, -0.25) is 0 Å². The highest BCUT2D eigenvalue weighted by Gasteiger charge is 2.18. The molecule has 0 aliphatic rings. The summed E-state index contributed by atoms with van der Waals surface area (Å²) in [5.74, 6) is 0.